The van der Waals surface area contributed by atoms with Crippen LogP contribution < -0.4 is 5.32 Å². The van der Waals surface area contributed by atoms with Crippen molar-refractivity contribution < 1.29 is 18.0 Å². The lowest BCUT2D eigenvalue weighted by Crippen LogP contribution is -2.64. The van der Waals surface area contributed by atoms with Crippen LogP contribution in [-0.4, -0.2) is 54.8 Å². The Labute approximate surface area is 107 Å². The van der Waals surface area contributed by atoms with E-state index in [0.29, 0.717) is 12.8 Å². The molecule has 2 saturated heterocycles. The van der Waals surface area contributed by atoms with Crippen molar-refractivity contribution in [2.45, 2.75) is 38.3 Å². The Balaban J connectivity index is 2.27. The Bertz CT molecular complexity index is 487. The predicted molar refractivity (Wildman–Crippen MR) is 65.6 cm³/mol. The maximum atomic E-state index is 12.2. The van der Waals surface area contributed by atoms with Gasteiger partial charge in [-0.3, -0.25) is 9.59 Å². The molecule has 102 valence electrons. The lowest BCUT2D eigenvalue weighted by atomic mass is 9.96. The number of hydrogen-bond donors (Lipinski definition) is 1. The molecule has 2 amide bonds. The standard InChI is InChI=1S/C11H18N2O4S/c1-3-8-10(15)13(6-9(14)12-8)11(2)4-5-18(16,17)7-11/h8H,3-7H2,1-2H3,(H,12,14). The van der Waals surface area contributed by atoms with Gasteiger partial charge in [0.05, 0.1) is 17.0 Å². The SMILES string of the molecule is CCC1NC(=O)CN(C2(C)CCS(=O)(=O)C2)C1=O. The summed E-state index contributed by atoms with van der Waals surface area (Å²) in [5.41, 5.74) is -0.735. The van der Waals surface area contributed by atoms with Gasteiger partial charge in [0.15, 0.2) is 9.84 Å². The molecule has 0 radical (unpaired) electrons. The third kappa shape index (κ3) is 2.23. The van der Waals surface area contributed by atoms with Crippen LogP contribution in [0.4, 0.5) is 0 Å². The molecule has 2 unspecified atom stereocenters. The summed E-state index contributed by atoms with van der Waals surface area (Å²) >= 11 is 0. The highest BCUT2D eigenvalue weighted by Crippen LogP contribution is 2.31. The molecule has 0 aliphatic carbocycles. The van der Waals surface area contributed by atoms with Gasteiger partial charge < -0.3 is 10.2 Å². The van der Waals surface area contributed by atoms with E-state index in [1.54, 1.807) is 6.92 Å². The van der Waals surface area contributed by atoms with Gasteiger partial charge in [0.1, 0.15) is 12.6 Å². The summed E-state index contributed by atoms with van der Waals surface area (Å²) < 4.78 is 23.2. The molecule has 2 aliphatic heterocycles. The quantitative estimate of drug-likeness (QED) is 0.722. The molecule has 0 saturated carbocycles. The molecule has 7 heteroatoms. The molecule has 2 atom stereocenters. The van der Waals surface area contributed by atoms with Crippen LogP contribution in [0.15, 0.2) is 0 Å². The van der Waals surface area contributed by atoms with Gasteiger partial charge in [-0.25, -0.2) is 8.42 Å². The van der Waals surface area contributed by atoms with E-state index >= 15 is 0 Å². The number of amides is 2. The molecule has 0 aromatic carbocycles. The number of nitrogens with zero attached hydrogens (tertiary/aromatic N) is 1. The van der Waals surface area contributed by atoms with Crippen molar-refractivity contribution in [3.05, 3.63) is 0 Å². The number of nitrogens with one attached hydrogen (secondary N) is 1. The second-order valence-corrected chi connectivity index (χ2v) is 7.48. The van der Waals surface area contributed by atoms with Gasteiger partial charge in [-0.15, -0.1) is 0 Å². The van der Waals surface area contributed by atoms with Gasteiger partial charge in [0.2, 0.25) is 11.8 Å². The number of carbonyl (C=O) groups is 2. The van der Waals surface area contributed by atoms with E-state index in [1.807, 2.05) is 6.92 Å². The van der Waals surface area contributed by atoms with E-state index in [0.717, 1.165) is 0 Å². The minimum Gasteiger partial charge on any atom is -0.343 e. The van der Waals surface area contributed by atoms with Gasteiger partial charge in [0.25, 0.3) is 0 Å². The van der Waals surface area contributed by atoms with Gasteiger partial charge in [-0.05, 0) is 19.8 Å². The van der Waals surface area contributed by atoms with Crippen molar-refractivity contribution in [3.63, 3.8) is 0 Å². The third-order valence-electron chi connectivity index (χ3n) is 3.74. The van der Waals surface area contributed by atoms with Crippen LogP contribution in [0.25, 0.3) is 0 Å². The van der Waals surface area contributed by atoms with Crippen LogP contribution in [0.1, 0.15) is 26.7 Å². The first-order chi connectivity index (χ1) is 8.27. The molecule has 2 heterocycles. The zero-order chi connectivity index (χ0) is 13.6. The van der Waals surface area contributed by atoms with Gasteiger partial charge >= 0.3 is 0 Å². The molecule has 18 heavy (non-hydrogen) atoms. The van der Waals surface area contributed by atoms with Crippen molar-refractivity contribution in [3.8, 4) is 0 Å². The highest BCUT2D eigenvalue weighted by Gasteiger charge is 2.48. The molecule has 2 fully saturated rings. The fourth-order valence-electron chi connectivity index (χ4n) is 2.65. The Morgan fingerprint density at radius 3 is 2.61 bits per heavy atom. The highest BCUT2D eigenvalue weighted by atomic mass is 32.2. The summed E-state index contributed by atoms with van der Waals surface area (Å²) in [5.74, 6) is -0.343. The largest absolute Gasteiger partial charge is 0.343 e. The molecule has 6 nitrogen and oxygen atoms in total. The summed E-state index contributed by atoms with van der Waals surface area (Å²) in [5, 5.41) is 2.63. The van der Waals surface area contributed by atoms with Gasteiger partial charge in [-0.2, -0.15) is 0 Å². The maximum Gasteiger partial charge on any atom is 0.246 e. The Kier molecular flexibility index (Phi) is 3.12. The fourth-order valence-corrected chi connectivity index (χ4v) is 4.79. The molecule has 0 aromatic heterocycles. The predicted octanol–water partition coefficient (Wildman–Crippen LogP) is -0.699. The minimum absolute atomic E-state index is 0.0403. The van der Waals surface area contributed by atoms with E-state index in [1.165, 1.54) is 4.90 Å². The van der Waals surface area contributed by atoms with E-state index in [9.17, 15) is 18.0 Å². The molecule has 0 spiro atoms. The van der Waals surface area contributed by atoms with Crippen LogP contribution in [0.3, 0.4) is 0 Å². The summed E-state index contributed by atoms with van der Waals surface area (Å²) in [4.78, 5) is 25.3. The number of hydrogen-bond acceptors (Lipinski definition) is 4. The Morgan fingerprint density at radius 2 is 2.11 bits per heavy atom. The number of sulfone groups is 1. The number of rotatable bonds is 2. The Morgan fingerprint density at radius 1 is 1.44 bits per heavy atom. The van der Waals surface area contributed by atoms with Crippen LogP contribution >= 0.6 is 0 Å². The van der Waals surface area contributed by atoms with E-state index in [-0.39, 0.29) is 29.9 Å². The lowest BCUT2D eigenvalue weighted by Gasteiger charge is -2.42. The van der Waals surface area contributed by atoms with Crippen molar-refractivity contribution >= 4 is 21.7 Å². The van der Waals surface area contributed by atoms with Crippen LogP contribution in [-0.2, 0) is 19.4 Å². The van der Waals surface area contributed by atoms with Crippen LogP contribution in [0.2, 0.25) is 0 Å². The monoisotopic (exact) mass is 274 g/mol. The molecule has 1 N–H and O–H groups in total. The first-order valence-electron chi connectivity index (χ1n) is 6.09. The lowest BCUT2D eigenvalue weighted by molar-refractivity contribution is -0.149. The summed E-state index contributed by atoms with van der Waals surface area (Å²) in [6.07, 6.45) is 0.925. The minimum atomic E-state index is -3.09. The molecule has 2 rings (SSSR count). The van der Waals surface area contributed by atoms with Gasteiger partial charge in [-0.1, -0.05) is 6.92 Å². The first-order valence-corrected chi connectivity index (χ1v) is 7.91. The van der Waals surface area contributed by atoms with Crippen LogP contribution in [0, 0.1) is 0 Å². The number of piperazine rings is 1. The van der Waals surface area contributed by atoms with Crippen molar-refractivity contribution in [2.75, 3.05) is 18.1 Å². The molecular weight excluding hydrogens is 256 g/mol. The summed E-state index contributed by atoms with van der Waals surface area (Å²) in [7, 11) is -3.09. The normalized spacial score (nSPS) is 35.7. The zero-order valence-corrected chi connectivity index (χ0v) is 11.4. The molecular formula is C11H18N2O4S. The second kappa shape index (κ2) is 4.22. The van der Waals surface area contributed by atoms with Crippen molar-refractivity contribution in [1.82, 2.24) is 10.2 Å². The topological polar surface area (TPSA) is 83.6 Å². The van der Waals surface area contributed by atoms with E-state index < -0.39 is 21.4 Å². The summed E-state index contributed by atoms with van der Waals surface area (Å²) in [6.45, 7) is 3.53. The van der Waals surface area contributed by atoms with Crippen LogP contribution in [0.5, 0.6) is 0 Å². The zero-order valence-electron chi connectivity index (χ0n) is 10.6. The number of carbonyl (C=O) groups excluding carboxylic acids is 2. The van der Waals surface area contributed by atoms with E-state index in [4.69, 9.17) is 0 Å². The van der Waals surface area contributed by atoms with Gasteiger partial charge in [0, 0.05) is 0 Å². The molecule has 0 bridgehead atoms. The maximum absolute atomic E-state index is 12.2. The highest BCUT2D eigenvalue weighted by molar-refractivity contribution is 7.91. The molecule has 2 aliphatic rings. The third-order valence-corrected chi connectivity index (χ3v) is 5.63. The average Bonchev–Trinajstić information content (AvgIpc) is 2.57. The summed E-state index contributed by atoms with van der Waals surface area (Å²) in [6, 6.07) is -0.522. The van der Waals surface area contributed by atoms with E-state index in [2.05, 4.69) is 5.32 Å². The van der Waals surface area contributed by atoms with Crippen molar-refractivity contribution in [2.24, 2.45) is 0 Å². The van der Waals surface area contributed by atoms with Crippen molar-refractivity contribution in [1.29, 1.82) is 0 Å². The average molecular weight is 274 g/mol. The molecule has 0 aromatic rings. The first kappa shape index (κ1) is 13.3. The Hall–Kier alpha value is -1.11. The fraction of sp³-hybridized carbons (Fsp3) is 0.818. The second-order valence-electron chi connectivity index (χ2n) is 5.29. The smallest absolute Gasteiger partial charge is 0.246 e.